The smallest absolute Gasteiger partial charge is 0.261 e. The first-order valence-electron chi connectivity index (χ1n) is 11.4. The van der Waals surface area contributed by atoms with Crippen molar-refractivity contribution in [3.05, 3.63) is 84.2 Å². The monoisotopic (exact) mass is 510 g/mol. The Labute approximate surface area is 205 Å². The minimum atomic E-state index is -3.76. The Morgan fingerprint density at radius 1 is 0.857 bits per heavy atom. The molecule has 4 aromatic rings. The third-order valence-electron chi connectivity index (χ3n) is 6.32. The molecule has 1 aromatic heterocycles. The zero-order valence-corrected chi connectivity index (χ0v) is 20.8. The minimum Gasteiger partial charge on any atom is -0.342 e. The van der Waals surface area contributed by atoms with Crippen LogP contribution in [0, 0.1) is 6.92 Å². The van der Waals surface area contributed by atoms with Gasteiger partial charge in [-0.05, 0) is 68.3 Å². The van der Waals surface area contributed by atoms with Crippen LogP contribution in [0.1, 0.15) is 30.1 Å². The molecule has 5 rings (SSSR count). The molecule has 182 valence electrons. The molecule has 8 nitrogen and oxygen atoms in total. The summed E-state index contributed by atoms with van der Waals surface area (Å²) in [5, 5.41) is 0. The molecule has 10 heteroatoms. The van der Waals surface area contributed by atoms with E-state index in [1.165, 1.54) is 40.7 Å². The Morgan fingerprint density at radius 3 is 2.14 bits per heavy atom. The van der Waals surface area contributed by atoms with Crippen LogP contribution >= 0.6 is 0 Å². The lowest BCUT2D eigenvalue weighted by molar-refractivity contribution is 0.314. The van der Waals surface area contributed by atoms with Crippen molar-refractivity contribution in [2.45, 2.75) is 35.5 Å². The van der Waals surface area contributed by atoms with Crippen molar-refractivity contribution in [3.63, 3.8) is 0 Å². The molecular formula is C25H26N4O4S2. The predicted octanol–water partition coefficient (Wildman–Crippen LogP) is 4.24. The summed E-state index contributed by atoms with van der Waals surface area (Å²) in [6.45, 7) is 2.67. The number of piperidine rings is 1. The minimum absolute atomic E-state index is 0.137. The number of benzene rings is 3. The van der Waals surface area contributed by atoms with Crippen molar-refractivity contribution in [1.29, 1.82) is 0 Å². The molecule has 0 amide bonds. The van der Waals surface area contributed by atoms with Gasteiger partial charge in [-0.2, -0.15) is 4.31 Å². The molecule has 1 aliphatic rings. The topological polar surface area (TPSA) is 112 Å². The SMILES string of the molecule is Cc1ccc(S(=O)(=O)Nc2ccc(S(=O)(=O)N3CCC(c4nc5ccccc5[nH]4)CC3)cc2)cc1. The molecular weight excluding hydrogens is 484 g/mol. The summed E-state index contributed by atoms with van der Waals surface area (Å²) in [6.07, 6.45) is 1.35. The highest BCUT2D eigenvalue weighted by atomic mass is 32.2. The fourth-order valence-corrected chi connectivity index (χ4v) is 6.84. The lowest BCUT2D eigenvalue weighted by atomic mass is 9.97. The molecule has 3 aromatic carbocycles. The molecule has 0 spiro atoms. The molecule has 0 aliphatic carbocycles. The van der Waals surface area contributed by atoms with Gasteiger partial charge in [-0.3, -0.25) is 4.72 Å². The van der Waals surface area contributed by atoms with E-state index < -0.39 is 20.0 Å². The summed E-state index contributed by atoms with van der Waals surface area (Å²) in [6, 6.07) is 20.2. The van der Waals surface area contributed by atoms with Gasteiger partial charge in [0.1, 0.15) is 5.82 Å². The van der Waals surface area contributed by atoms with E-state index in [-0.39, 0.29) is 15.7 Å². The number of aromatic amines is 1. The summed E-state index contributed by atoms with van der Waals surface area (Å²) < 4.78 is 55.6. The summed E-state index contributed by atoms with van der Waals surface area (Å²) in [7, 11) is -7.44. The van der Waals surface area contributed by atoms with Crippen molar-refractivity contribution < 1.29 is 16.8 Å². The van der Waals surface area contributed by atoms with Crippen molar-refractivity contribution in [3.8, 4) is 0 Å². The molecule has 0 bridgehead atoms. The van der Waals surface area contributed by atoms with Crippen LogP contribution < -0.4 is 4.72 Å². The number of aromatic nitrogens is 2. The third-order valence-corrected chi connectivity index (χ3v) is 9.63. The lowest BCUT2D eigenvalue weighted by Gasteiger charge is -2.30. The number of aryl methyl sites for hydroxylation is 1. The molecule has 0 saturated carbocycles. The Kier molecular flexibility index (Phi) is 6.12. The van der Waals surface area contributed by atoms with Crippen LogP contribution in [-0.4, -0.2) is 44.2 Å². The van der Waals surface area contributed by atoms with Gasteiger partial charge in [0.05, 0.1) is 20.8 Å². The zero-order valence-electron chi connectivity index (χ0n) is 19.2. The van der Waals surface area contributed by atoms with E-state index in [0.29, 0.717) is 31.6 Å². The largest absolute Gasteiger partial charge is 0.342 e. The Morgan fingerprint density at radius 2 is 1.49 bits per heavy atom. The van der Waals surface area contributed by atoms with Gasteiger partial charge in [0, 0.05) is 24.7 Å². The van der Waals surface area contributed by atoms with E-state index in [4.69, 9.17) is 0 Å². The van der Waals surface area contributed by atoms with Gasteiger partial charge in [0.2, 0.25) is 10.0 Å². The number of anilines is 1. The summed E-state index contributed by atoms with van der Waals surface area (Å²) in [5.41, 5.74) is 3.15. The van der Waals surface area contributed by atoms with Crippen LogP contribution in [0.5, 0.6) is 0 Å². The molecule has 0 unspecified atom stereocenters. The van der Waals surface area contributed by atoms with Crippen LogP contribution in [0.2, 0.25) is 0 Å². The standard InChI is InChI=1S/C25H26N4O4S2/c1-18-6-10-21(11-7-18)34(30,31)28-20-8-12-22(13-9-20)35(32,33)29-16-14-19(15-17-29)25-26-23-4-2-3-5-24(23)27-25/h2-13,19,28H,14-17H2,1H3,(H,26,27). The zero-order chi connectivity index (χ0) is 24.6. The van der Waals surface area contributed by atoms with Gasteiger partial charge >= 0.3 is 0 Å². The number of hydrogen-bond donors (Lipinski definition) is 2. The maximum atomic E-state index is 13.2. The number of nitrogens with one attached hydrogen (secondary N) is 2. The molecule has 0 radical (unpaired) electrons. The van der Waals surface area contributed by atoms with Crippen LogP contribution in [0.4, 0.5) is 5.69 Å². The molecule has 1 aliphatic heterocycles. The third kappa shape index (κ3) is 4.82. The molecule has 2 heterocycles. The number of nitrogens with zero attached hydrogens (tertiary/aromatic N) is 2. The number of hydrogen-bond acceptors (Lipinski definition) is 5. The summed E-state index contributed by atoms with van der Waals surface area (Å²) in [5.74, 6) is 1.07. The maximum absolute atomic E-state index is 13.2. The number of H-pyrrole nitrogens is 1. The van der Waals surface area contributed by atoms with Crippen molar-refractivity contribution >= 4 is 36.8 Å². The first-order chi connectivity index (χ1) is 16.7. The first-order valence-corrected chi connectivity index (χ1v) is 14.3. The van der Waals surface area contributed by atoms with Gasteiger partial charge in [-0.25, -0.2) is 21.8 Å². The fourth-order valence-electron chi connectivity index (χ4n) is 4.31. The van der Waals surface area contributed by atoms with Gasteiger partial charge in [0.25, 0.3) is 10.0 Å². The van der Waals surface area contributed by atoms with Crippen LogP contribution in [0.25, 0.3) is 11.0 Å². The Bertz CT molecular complexity index is 1520. The van der Waals surface area contributed by atoms with Crippen molar-refractivity contribution in [2.24, 2.45) is 0 Å². The quantitative estimate of drug-likeness (QED) is 0.403. The van der Waals surface area contributed by atoms with Gasteiger partial charge in [-0.15, -0.1) is 0 Å². The summed E-state index contributed by atoms with van der Waals surface area (Å²) >= 11 is 0. The second-order valence-electron chi connectivity index (χ2n) is 8.76. The number of fused-ring (bicyclic) bond motifs is 1. The van der Waals surface area contributed by atoms with E-state index >= 15 is 0 Å². The van der Waals surface area contributed by atoms with Crippen molar-refractivity contribution in [2.75, 3.05) is 17.8 Å². The van der Waals surface area contributed by atoms with Crippen LogP contribution in [0.3, 0.4) is 0 Å². The van der Waals surface area contributed by atoms with Gasteiger partial charge < -0.3 is 4.98 Å². The van der Waals surface area contributed by atoms with Crippen LogP contribution in [-0.2, 0) is 20.0 Å². The predicted molar refractivity (Wildman–Crippen MR) is 135 cm³/mol. The number of sulfonamides is 2. The lowest BCUT2D eigenvalue weighted by Crippen LogP contribution is -2.38. The van der Waals surface area contributed by atoms with E-state index in [9.17, 15) is 16.8 Å². The highest BCUT2D eigenvalue weighted by Crippen LogP contribution is 2.31. The molecule has 1 saturated heterocycles. The number of para-hydroxylation sites is 2. The van der Waals surface area contributed by atoms with Crippen molar-refractivity contribution in [1.82, 2.24) is 14.3 Å². The fraction of sp³-hybridized carbons (Fsp3) is 0.240. The van der Waals surface area contributed by atoms with Gasteiger partial charge in [0.15, 0.2) is 0 Å². The highest BCUT2D eigenvalue weighted by molar-refractivity contribution is 7.92. The molecule has 1 fully saturated rings. The first kappa shape index (κ1) is 23.5. The van der Waals surface area contributed by atoms with Crippen LogP contribution in [0.15, 0.2) is 82.6 Å². The molecule has 0 atom stereocenters. The second kappa shape index (κ2) is 9.10. The Hall–Kier alpha value is -3.21. The maximum Gasteiger partial charge on any atom is 0.261 e. The number of imidazole rings is 1. The highest BCUT2D eigenvalue weighted by Gasteiger charge is 2.31. The second-order valence-corrected chi connectivity index (χ2v) is 12.4. The van der Waals surface area contributed by atoms with E-state index in [1.54, 1.807) is 12.1 Å². The average Bonchev–Trinajstić information content (AvgIpc) is 3.29. The Balaban J connectivity index is 1.25. The molecule has 35 heavy (non-hydrogen) atoms. The average molecular weight is 511 g/mol. The van der Waals surface area contributed by atoms with Gasteiger partial charge in [-0.1, -0.05) is 29.8 Å². The number of rotatable bonds is 6. The van der Waals surface area contributed by atoms with E-state index in [2.05, 4.69) is 14.7 Å². The van der Waals surface area contributed by atoms with E-state index in [0.717, 1.165) is 22.4 Å². The normalized spacial score (nSPS) is 15.9. The van der Waals surface area contributed by atoms with E-state index in [1.807, 2.05) is 31.2 Å². The summed E-state index contributed by atoms with van der Waals surface area (Å²) in [4.78, 5) is 8.30. The molecule has 2 N–H and O–H groups in total.